The molecule has 1 atom stereocenters. The zero-order valence-electron chi connectivity index (χ0n) is 14.3. The minimum atomic E-state index is -0.503. The topological polar surface area (TPSA) is 45.7 Å². The predicted octanol–water partition coefficient (Wildman–Crippen LogP) is 3.61. The van der Waals surface area contributed by atoms with E-state index in [1.54, 1.807) is 4.90 Å². The molecule has 1 saturated heterocycles. The van der Waals surface area contributed by atoms with Crippen LogP contribution in [0.3, 0.4) is 0 Å². The number of hydrogen-bond donors (Lipinski definition) is 0. The molecule has 0 saturated carbocycles. The molecule has 2 rings (SSSR count). The zero-order chi connectivity index (χ0) is 16.3. The third-order valence-electron chi connectivity index (χ3n) is 3.88. The van der Waals surface area contributed by atoms with E-state index in [1.807, 2.05) is 40.0 Å². The molecular weight excluding hydrogens is 278 g/mol. The second-order valence-corrected chi connectivity index (χ2v) is 6.81. The van der Waals surface area contributed by atoms with Gasteiger partial charge in [-0.3, -0.25) is 9.80 Å². The number of likely N-dealkylation sites (tertiary alicyclic amines) is 1. The molecule has 1 fully saturated rings. The Morgan fingerprint density at radius 1 is 1.45 bits per heavy atom. The van der Waals surface area contributed by atoms with E-state index < -0.39 is 5.60 Å². The quantitative estimate of drug-likeness (QED) is 0.856. The molecule has 5 nitrogen and oxygen atoms in total. The van der Waals surface area contributed by atoms with Gasteiger partial charge in [-0.15, -0.1) is 0 Å². The predicted molar refractivity (Wildman–Crippen MR) is 88.1 cm³/mol. The Labute approximate surface area is 133 Å². The Morgan fingerprint density at radius 3 is 2.64 bits per heavy atom. The van der Waals surface area contributed by atoms with Crippen LogP contribution in [0.15, 0.2) is 18.3 Å². The summed E-state index contributed by atoms with van der Waals surface area (Å²) in [7, 11) is 2.14. The maximum atomic E-state index is 12.2. The van der Waals surface area contributed by atoms with Gasteiger partial charge in [0.15, 0.2) is 0 Å². The Morgan fingerprint density at radius 2 is 2.18 bits per heavy atom. The molecule has 0 radical (unpaired) electrons. The smallest absolute Gasteiger partial charge is 0.415 e. The number of hydrogen-bond acceptors (Lipinski definition) is 4. The van der Waals surface area contributed by atoms with Crippen molar-refractivity contribution in [2.45, 2.75) is 52.2 Å². The van der Waals surface area contributed by atoms with E-state index in [9.17, 15) is 4.79 Å². The fraction of sp³-hybridized carbons (Fsp3) is 0.647. The summed E-state index contributed by atoms with van der Waals surface area (Å²) in [4.78, 5) is 20.6. The van der Waals surface area contributed by atoms with Gasteiger partial charge < -0.3 is 4.74 Å². The number of pyridine rings is 1. The van der Waals surface area contributed by atoms with Crippen molar-refractivity contribution in [1.82, 2.24) is 9.88 Å². The van der Waals surface area contributed by atoms with E-state index in [4.69, 9.17) is 4.74 Å². The van der Waals surface area contributed by atoms with Crippen LogP contribution in [0.4, 0.5) is 10.6 Å². The lowest BCUT2D eigenvalue weighted by atomic mass is 10.1. The van der Waals surface area contributed by atoms with Gasteiger partial charge in [-0.1, -0.05) is 6.07 Å². The summed E-state index contributed by atoms with van der Waals surface area (Å²) in [6.45, 7) is 9.18. The average Bonchev–Trinajstić information content (AvgIpc) is 2.84. The summed E-state index contributed by atoms with van der Waals surface area (Å²) in [5, 5.41) is 0. The van der Waals surface area contributed by atoms with Gasteiger partial charge in [-0.25, -0.2) is 9.78 Å². The summed E-state index contributed by atoms with van der Waals surface area (Å²) in [6.07, 6.45) is 3.92. The van der Waals surface area contributed by atoms with E-state index in [0.29, 0.717) is 18.4 Å². The molecule has 1 aromatic heterocycles. The van der Waals surface area contributed by atoms with Crippen LogP contribution in [0, 0.1) is 0 Å². The zero-order valence-corrected chi connectivity index (χ0v) is 14.3. The van der Waals surface area contributed by atoms with Gasteiger partial charge in [0.25, 0.3) is 0 Å². The highest BCUT2D eigenvalue weighted by Crippen LogP contribution is 2.30. The Bertz CT molecular complexity index is 508. The van der Waals surface area contributed by atoms with Crippen molar-refractivity contribution in [2.75, 3.05) is 25.0 Å². The maximum absolute atomic E-state index is 12.2. The van der Waals surface area contributed by atoms with Gasteiger partial charge in [0.2, 0.25) is 0 Å². The molecule has 1 aliphatic heterocycles. The summed E-state index contributed by atoms with van der Waals surface area (Å²) < 4.78 is 5.43. The van der Waals surface area contributed by atoms with Gasteiger partial charge in [0.1, 0.15) is 11.4 Å². The monoisotopic (exact) mass is 305 g/mol. The van der Waals surface area contributed by atoms with Crippen molar-refractivity contribution in [3.8, 4) is 0 Å². The normalized spacial score (nSPS) is 19.2. The van der Waals surface area contributed by atoms with Crippen LogP contribution >= 0.6 is 0 Å². The Kier molecular flexibility index (Phi) is 5.06. The highest BCUT2D eigenvalue weighted by atomic mass is 16.6. The number of carbonyl (C=O) groups is 1. The average molecular weight is 305 g/mol. The molecule has 0 spiro atoms. The SMILES string of the molecule is CCN(C(=O)OC(C)(C)C)c1ccc([C@@H]2CCCN2C)cn1. The van der Waals surface area contributed by atoms with Gasteiger partial charge in [0.05, 0.1) is 0 Å². The number of aromatic nitrogens is 1. The van der Waals surface area contributed by atoms with Crippen molar-refractivity contribution in [3.05, 3.63) is 23.9 Å². The van der Waals surface area contributed by atoms with Crippen LogP contribution in [0.1, 0.15) is 52.1 Å². The minimum Gasteiger partial charge on any atom is -0.443 e. The van der Waals surface area contributed by atoms with E-state index in [1.165, 1.54) is 18.4 Å². The lowest BCUT2D eigenvalue weighted by Crippen LogP contribution is -2.37. The number of amides is 1. The first-order valence-electron chi connectivity index (χ1n) is 7.98. The second kappa shape index (κ2) is 6.65. The van der Waals surface area contributed by atoms with Crippen molar-refractivity contribution < 1.29 is 9.53 Å². The number of ether oxygens (including phenoxy) is 1. The van der Waals surface area contributed by atoms with Gasteiger partial charge in [-0.05, 0) is 65.8 Å². The molecule has 5 heteroatoms. The summed E-state index contributed by atoms with van der Waals surface area (Å²) >= 11 is 0. The Balaban J connectivity index is 2.12. The van der Waals surface area contributed by atoms with Crippen LogP contribution in [-0.4, -0.2) is 41.7 Å². The first-order chi connectivity index (χ1) is 10.3. The van der Waals surface area contributed by atoms with Crippen LogP contribution < -0.4 is 4.90 Å². The first-order valence-corrected chi connectivity index (χ1v) is 7.98. The third kappa shape index (κ3) is 3.97. The maximum Gasteiger partial charge on any atom is 0.415 e. The largest absolute Gasteiger partial charge is 0.443 e. The van der Waals surface area contributed by atoms with Crippen LogP contribution in [0.5, 0.6) is 0 Å². The van der Waals surface area contributed by atoms with E-state index >= 15 is 0 Å². The summed E-state index contributed by atoms with van der Waals surface area (Å²) in [5.74, 6) is 0.640. The molecule has 2 heterocycles. The summed E-state index contributed by atoms with van der Waals surface area (Å²) in [6, 6.07) is 4.43. The van der Waals surface area contributed by atoms with Crippen LogP contribution in [-0.2, 0) is 4.74 Å². The molecule has 122 valence electrons. The molecule has 0 unspecified atom stereocenters. The molecule has 0 N–H and O–H groups in total. The molecule has 1 aromatic rings. The van der Waals surface area contributed by atoms with Gasteiger partial charge in [0, 0.05) is 18.8 Å². The van der Waals surface area contributed by atoms with Crippen molar-refractivity contribution in [2.24, 2.45) is 0 Å². The van der Waals surface area contributed by atoms with E-state index in [0.717, 1.165) is 6.54 Å². The lowest BCUT2D eigenvalue weighted by molar-refractivity contribution is 0.0581. The molecule has 1 aliphatic rings. The van der Waals surface area contributed by atoms with Crippen LogP contribution in [0.2, 0.25) is 0 Å². The minimum absolute atomic E-state index is 0.353. The molecule has 22 heavy (non-hydrogen) atoms. The van der Waals surface area contributed by atoms with Crippen molar-refractivity contribution in [1.29, 1.82) is 0 Å². The molecule has 0 aliphatic carbocycles. The van der Waals surface area contributed by atoms with Gasteiger partial charge in [-0.2, -0.15) is 0 Å². The van der Waals surface area contributed by atoms with E-state index in [-0.39, 0.29) is 6.09 Å². The van der Waals surface area contributed by atoms with Gasteiger partial charge >= 0.3 is 6.09 Å². The van der Waals surface area contributed by atoms with Crippen molar-refractivity contribution >= 4 is 11.9 Å². The molecule has 1 amide bonds. The van der Waals surface area contributed by atoms with E-state index in [2.05, 4.69) is 23.0 Å². The second-order valence-electron chi connectivity index (χ2n) is 6.81. The highest BCUT2D eigenvalue weighted by molar-refractivity contribution is 5.86. The number of nitrogens with zero attached hydrogens (tertiary/aromatic N) is 3. The molecule has 0 aromatic carbocycles. The molecular formula is C17H27N3O2. The third-order valence-corrected chi connectivity index (χ3v) is 3.88. The standard InChI is InChI=1S/C17H27N3O2/c1-6-20(16(21)22-17(2,3)4)15-10-9-13(12-18-15)14-8-7-11-19(14)5/h9-10,12,14H,6-8,11H2,1-5H3/t14-/m0/s1. The van der Waals surface area contributed by atoms with Crippen LogP contribution in [0.25, 0.3) is 0 Å². The van der Waals surface area contributed by atoms with Crippen molar-refractivity contribution in [3.63, 3.8) is 0 Å². The lowest BCUT2D eigenvalue weighted by Gasteiger charge is -2.26. The number of anilines is 1. The number of rotatable bonds is 3. The summed E-state index contributed by atoms with van der Waals surface area (Å²) in [5.41, 5.74) is 0.709. The highest BCUT2D eigenvalue weighted by Gasteiger charge is 2.25. The number of carbonyl (C=O) groups excluding carboxylic acids is 1. The fourth-order valence-corrected chi connectivity index (χ4v) is 2.79. The molecule has 0 bridgehead atoms. The fourth-order valence-electron chi connectivity index (χ4n) is 2.79. The Hall–Kier alpha value is -1.62. The first kappa shape index (κ1) is 16.7.